The highest BCUT2D eigenvalue weighted by Gasteiger charge is 2.43. The van der Waals surface area contributed by atoms with Crippen LogP contribution in [0.25, 0.3) is 10.6 Å². The van der Waals surface area contributed by atoms with Crippen molar-refractivity contribution in [2.75, 3.05) is 32.7 Å². The number of rotatable bonds is 4. The third kappa shape index (κ3) is 4.34. The molecule has 2 aliphatic heterocycles. The molecule has 144 valence electrons. The smallest absolute Gasteiger partial charge is 0.262 e. The molecule has 0 radical (unpaired) electrons. The van der Waals surface area contributed by atoms with E-state index < -0.39 is 24.9 Å². The molecule has 1 aromatic carbocycles. The van der Waals surface area contributed by atoms with Crippen molar-refractivity contribution in [2.45, 2.75) is 24.9 Å². The predicted molar refractivity (Wildman–Crippen MR) is 101 cm³/mol. The van der Waals surface area contributed by atoms with Crippen molar-refractivity contribution in [1.82, 2.24) is 20.1 Å². The van der Waals surface area contributed by atoms with E-state index in [9.17, 15) is 13.6 Å². The maximum Gasteiger partial charge on any atom is 0.262 e. The van der Waals surface area contributed by atoms with Crippen molar-refractivity contribution in [3.05, 3.63) is 41.4 Å². The second kappa shape index (κ2) is 7.61. The van der Waals surface area contributed by atoms with Gasteiger partial charge < -0.3 is 4.90 Å². The number of aromatic nitrogens is 1. The Bertz CT molecular complexity index is 790. The Morgan fingerprint density at radius 3 is 2.63 bits per heavy atom. The lowest BCUT2D eigenvalue weighted by Crippen LogP contribution is -2.52. The molecule has 3 heterocycles. The summed E-state index contributed by atoms with van der Waals surface area (Å²) in [6.07, 6.45) is -0.396. The highest BCUT2D eigenvalue weighted by Crippen LogP contribution is 2.27. The first kappa shape index (κ1) is 18.5. The van der Waals surface area contributed by atoms with Crippen LogP contribution in [0.3, 0.4) is 0 Å². The molecule has 2 aliphatic rings. The number of alkyl halides is 2. The van der Waals surface area contributed by atoms with Crippen LogP contribution in [0, 0.1) is 0 Å². The van der Waals surface area contributed by atoms with E-state index in [1.54, 1.807) is 16.2 Å². The Balaban J connectivity index is 1.29. The van der Waals surface area contributed by atoms with Crippen molar-refractivity contribution in [3.63, 3.8) is 0 Å². The Hall–Kier alpha value is -1.90. The third-order valence-electron chi connectivity index (χ3n) is 5.05. The number of carbonyl (C=O) groups excluding carboxylic acids is 1. The maximum absolute atomic E-state index is 13.3. The molecule has 0 bridgehead atoms. The number of carbonyl (C=O) groups is 1. The van der Waals surface area contributed by atoms with Crippen molar-refractivity contribution in [1.29, 1.82) is 0 Å². The van der Waals surface area contributed by atoms with Crippen LogP contribution in [0.4, 0.5) is 8.78 Å². The van der Waals surface area contributed by atoms with E-state index in [-0.39, 0.29) is 5.91 Å². The average molecular weight is 392 g/mol. The number of piperazine rings is 1. The number of hydrogen-bond donors (Lipinski definition) is 1. The van der Waals surface area contributed by atoms with E-state index in [0.717, 1.165) is 35.9 Å². The monoisotopic (exact) mass is 392 g/mol. The molecule has 4 rings (SSSR count). The molecule has 1 N–H and O–H groups in total. The van der Waals surface area contributed by atoms with Gasteiger partial charge in [-0.3, -0.25) is 15.0 Å². The SMILES string of the molecule is O=C(C1CC(F)(F)CN1)N1CCN(Cc2csc(-c3ccccc3)n2)CC1. The van der Waals surface area contributed by atoms with Gasteiger partial charge in [-0.15, -0.1) is 11.3 Å². The molecule has 2 saturated heterocycles. The van der Waals surface area contributed by atoms with Gasteiger partial charge in [-0.1, -0.05) is 30.3 Å². The average Bonchev–Trinajstić information content (AvgIpc) is 3.29. The Kier molecular flexibility index (Phi) is 5.21. The van der Waals surface area contributed by atoms with Gasteiger partial charge in [0.15, 0.2) is 0 Å². The normalized spacial score (nSPS) is 22.9. The molecule has 1 unspecified atom stereocenters. The molecule has 0 spiro atoms. The van der Waals surface area contributed by atoms with Gasteiger partial charge in [0.05, 0.1) is 18.3 Å². The molecule has 1 atom stereocenters. The number of amides is 1. The molecule has 5 nitrogen and oxygen atoms in total. The third-order valence-corrected chi connectivity index (χ3v) is 5.99. The first-order chi connectivity index (χ1) is 13.0. The summed E-state index contributed by atoms with van der Waals surface area (Å²) in [5.74, 6) is -2.98. The molecule has 8 heteroatoms. The van der Waals surface area contributed by atoms with E-state index >= 15 is 0 Å². The Labute approximate surface area is 161 Å². The van der Waals surface area contributed by atoms with Gasteiger partial charge in [0.1, 0.15) is 5.01 Å². The van der Waals surface area contributed by atoms with Gasteiger partial charge in [0.2, 0.25) is 5.91 Å². The van der Waals surface area contributed by atoms with Crippen molar-refractivity contribution < 1.29 is 13.6 Å². The van der Waals surface area contributed by atoms with Crippen LogP contribution >= 0.6 is 11.3 Å². The fourth-order valence-electron chi connectivity index (χ4n) is 3.56. The summed E-state index contributed by atoms with van der Waals surface area (Å²) in [7, 11) is 0. The van der Waals surface area contributed by atoms with Gasteiger partial charge >= 0.3 is 0 Å². The fourth-order valence-corrected chi connectivity index (χ4v) is 4.38. The quantitative estimate of drug-likeness (QED) is 0.868. The largest absolute Gasteiger partial charge is 0.339 e. The second-order valence-corrected chi connectivity index (χ2v) is 7.96. The lowest BCUT2D eigenvalue weighted by Gasteiger charge is -2.35. The summed E-state index contributed by atoms with van der Waals surface area (Å²) < 4.78 is 26.6. The molecular formula is C19H22F2N4OS. The zero-order valence-corrected chi connectivity index (χ0v) is 15.7. The highest BCUT2D eigenvalue weighted by molar-refractivity contribution is 7.13. The van der Waals surface area contributed by atoms with Crippen LogP contribution in [0.2, 0.25) is 0 Å². The summed E-state index contributed by atoms with van der Waals surface area (Å²) in [6, 6.07) is 9.34. The van der Waals surface area contributed by atoms with Crippen LogP contribution < -0.4 is 5.32 Å². The van der Waals surface area contributed by atoms with Gasteiger partial charge in [0, 0.05) is 50.1 Å². The van der Waals surface area contributed by atoms with E-state index in [1.807, 2.05) is 30.3 Å². The molecule has 1 aromatic heterocycles. The van der Waals surface area contributed by atoms with Gasteiger partial charge in [-0.05, 0) is 0 Å². The molecule has 2 aromatic rings. The number of thiazole rings is 1. The Morgan fingerprint density at radius 2 is 1.96 bits per heavy atom. The van der Waals surface area contributed by atoms with Crippen molar-refractivity contribution in [3.8, 4) is 10.6 Å². The lowest BCUT2D eigenvalue weighted by molar-refractivity contribution is -0.135. The van der Waals surface area contributed by atoms with Crippen LogP contribution in [-0.4, -0.2) is 65.4 Å². The summed E-state index contributed by atoms with van der Waals surface area (Å²) in [6.45, 7) is 2.93. The molecule has 27 heavy (non-hydrogen) atoms. The fraction of sp³-hybridized carbons (Fsp3) is 0.474. The number of nitrogens with one attached hydrogen (secondary N) is 1. The summed E-state index contributed by atoms with van der Waals surface area (Å²) >= 11 is 1.63. The second-order valence-electron chi connectivity index (χ2n) is 7.11. The van der Waals surface area contributed by atoms with Crippen LogP contribution in [-0.2, 0) is 11.3 Å². The Morgan fingerprint density at radius 1 is 1.22 bits per heavy atom. The molecule has 2 fully saturated rings. The topological polar surface area (TPSA) is 48.5 Å². The minimum atomic E-state index is -2.77. The maximum atomic E-state index is 13.3. The van der Waals surface area contributed by atoms with Gasteiger partial charge in [-0.2, -0.15) is 0 Å². The highest BCUT2D eigenvalue weighted by atomic mass is 32.1. The lowest BCUT2D eigenvalue weighted by atomic mass is 10.1. The van der Waals surface area contributed by atoms with Crippen LogP contribution in [0.5, 0.6) is 0 Å². The first-order valence-corrected chi connectivity index (χ1v) is 10.0. The molecular weight excluding hydrogens is 370 g/mol. The molecule has 0 saturated carbocycles. The summed E-state index contributed by atoms with van der Waals surface area (Å²) in [5, 5.41) is 5.73. The number of halogens is 2. The van der Waals surface area contributed by atoms with E-state index in [1.165, 1.54) is 0 Å². The minimum Gasteiger partial charge on any atom is -0.339 e. The predicted octanol–water partition coefficient (Wildman–Crippen LogP) is 2.45. The van der Waals surface area contributed by atoms with Crippen LogP contribution in [0.15, 0.2) is 35.7 Å². The summed E-state index contributed by atoms with van der Waals surface area (Å²) in [5.41, 5.74) is 2.14. The van der Waals surface area contributed by atoms with Crippen molar-refractivity contribution in [2.24, 2.45) is 0 Å². The summed E-state index contributed by atoms with van der Waals surface area (Å²) in [4.78, 5) is 21.1. The standard InChI is InChI=1S/C19H22F2N4OS/c20-19(21)10-16(22-13-19)18(26)25-8-6-24(7-9-25)11-15-12-27-17(23-15)14-4-2-1-3-5-14/h1-5,12,16,22H,6-11,13H2. The van der Waals surface area contributed by atoms with E-state index in [2.05, 4.69) is 15.6 Å². The van der Waals surface area contributed by atoms with E-state index in [4.69, 9.17) is 4.98 Å². The molecule has 1 amide bonds. The van der Waals surface area contributed by atoms with Gasteiger partial charge in [-0.25, -0.2) is 13.8 Å². The number of hydrogen-bond acceptors (Lipinski definition) is 5. The number of benzene rings is 1. The zero-order valence-electron chi connectivity index (χ0n) is 14.9. The first-order valence-electron chi connectivity index (χ1n) is 9.12. The number of nitrogens with zero attached hydrogens (tertiary/aromatic N) is 3. The zero-order chi connectivity index (χ0) is 18.9. The minimum absolute atomic E-state index is 0.202. The van der Waals surface area contributed by atoms with E-state index in [0.29, 0.717) is 13.1 Å². The van der Waals surface area contributed by atoms with Gasteiger partial charge in [0.25, 0.3) is 5.92 Å². The van der Waals surface area contributed by atoms with Crippen molar-refractivity contribution >= 4 is 17.2 Å². The van der Waals surface area contributed by atoms with Crippen LogP contribution in [0.1, 0.15) is 12.1 Å². The molecule has 0 aliphatic carbocycles.